The Morgan fingerprint density at radius 3 is 2.43 bits per heavy atom. The van der Waals surface area contributed by atoms with E-state index in [4.69, 9.17) is 5.11 Å². The van der Waals surface area contributed by atoms with Crippen LogP contribution in [0.3, 0.4) is 0 Å². The second-order valence-corrected chi connectivity index (χ2v) is 7.20. The second-order valence-electron chi connectivity index (χ2n) is 4.82. The maximum atomic E-state index is 12.8. The van der Waals surface area contributed by atoms with Crippen molar-refractivity contribution in [3.8, 4) is 0 Å². The highest BCUT2D eigenvalue weighted by molar-refractivity contribution is 7.95. The van der Waals surface area contributed by atoms with Crippen LogP contribution in [0, 0.1) is 5.82 Å². The molecule has 0 aliphatic carbocycles. The van der Waals surface area contributed by atoms with Crippen LogP contribution >= 0.6 is 0 Å². The molecule has 1 aromatic carbocycles. The quantitative estimate of drug-likeness (QED) is 0.665. The molecule has 0 bridgehead atoms. The summed E-state index contributed by atoms with van der Waals surface area (Å²) in [5, 5.41) is 13.7. The van der Waals surface area contributed by atoms with E-state index in [1.54, 1.807) is 12.1 Å². The lowest BCUT2D eigenvalue weighted by atomic mass is 10.2. The van der Waals surface area contributed by atoms with Crippen LogP contribution < -0.4 is 10.6 Å². The van der Waals surface area contributed by atoms with Crippen molar-refractivity contribution < 1.29 is 19.1 Å². The lowest BCUT2D eigenvalue weighted by Gasteiger charge is -2.16. The molecule has 1 atom stereocenters. The molecule has 7 heteroatoms. The predicted octanol–water partition coefficient (Wildman–Crippen LogP) is 1.35. The van der Waals surface area contributed by atoms with Gasteiger partial charge in [-0.1, -0.05) is 12.1 Å². The molecule has 0 fully saturated rings. The van der Waals surface area contributed by atoms with Gasteiger partial charge in [-0.15, -0.1) is 0 Å². The number of amides is 2. The summed E-state index contributed by atoms with van der Waals surface area (Å²) in [4.78, 5) is 22.8. The lowest BCUT2D eigenvalue weighted by molar-refractivity contribution is -0.123. The Kier molecular flexibility index (Phi) is 7.01. The standard InChI is InChI=1S/C14H19FN2O3S/c1-21(2)8-7-12(17-14(19)20)13(18)16-9-10-3-5-11(15)6-4-10/h3-6,12,17H,7-9H2,1-2H3,(H-,16,18,19,20)/p+1. The molecule has 0 saturated carbocycles. The zero-order valence-corrected chi connectivity index (χ0v) is 12.9. The molecule has 0 aliphatic heterocycles. The number of benzene rings is 1. The van der Waals surface area contributed by atoms with Gasteiger partial charge in [-0.25, -0.2) is 9.18 Å². The summed E-state index contributed by atoms with van der Waals surface area (Å²) in [5.74, 6) is 0.0650. The third-order valence-corrected chi connectivity index (χ3v) is 3.86. The van der Waals surface area contributed by atoms with E-state index in [1.807, 2.05) is 12.5 Å². The van der Waals surface area contributed by atoms with Crippen LogP contribution in [0.5, 0.6) is 0 Å². The first kappa shape index (κ1) is 17.3. The molecular weight excluding hydrogens is 295 g/mol. The highest BCUT2D eigenvalue weighted by atomic mass is 32.2. The number of rotatable bonds is 7. The summed E-state index contributed by atoms with van der Waals surface area (Å²) in [6, 6.07) is 5.01. The predicted molar refractivity (Wildman–Crippen MR) is 81.9 cm³/mol. The van der Waals surface area contributed by atoms with Crippen LogP contribution in [0.15, 0.2) is 24.3 Å². The minimum Gasteiger partial charge on any atom is -0.465 e. The van der Waals surface area contributed by atoms with Crippen LogP contribution in [-0.4, -0.2) is 41.4 Å². The van der Waals surface area contributed by atoms with Gasteiger partial charge in [0.1, 0.15) is 17.6 Å². The number of carboxylic acid groups (broad SMARTS) is 1. The molecule has 1 unspecified atom stereocenters. The van der Waals surface area contributed by atoms with E-state index in [9.17, 15) is 14.0 Å². The van der Waals surface area contributed by atoms with Gasteiger partial charge in [0, 0.05) is 13.0 Å². The summed E-state index contributed by atoms with van der Waals surface area (Å²) in [7, 11) is 0.135. The second kappa shape index (κ2) is 8.51. The molecule has 21 heavy (non-hydrogen) atoms. The van der Waals surface area contributed by atoms with Crippen molar-refractivity contribution in [2.45, 2.75) is 19.0 Å². The summed E-state index contributed by atoms with van der Waals surface area (Å²) in [6.07, 6.45) is 3.31. The van der Waals surface area contributed by atoms with Gasteiger partial charge in [0.2, 0.25) is 5.91 Å². The SMILES string of the molecule is C[S+](C)CCC(NC(=O)O)C(=O)NCc1ccc(F)cc1. The molecule has 116 valence electrons. The van der Waals surface area contributed by atoms with Gasteiger partial charge >= 0.3 is 6.09 Å². The lowest BCUT2D eigenvalue weighted by Crippen LogP contribution is -2.46. The molecular formula is C14H20FN2O3S+. The van der Waals surface area contributed by atoms with Crippen LogP contribution in [0.1, 0.15) is 12.0 Å². The van der Waals surface area contributed by atoms with Crippen molar-refractivity contribution in [3.05, 3.63) is 35.6 Å². The van der Waals surface area contributed by atoms with Crippen molar-refractivity contribution in [3.63, 3.8) is 0 Å². The molecule has 3 N–H and O–H groups in total. The number of hydrogen-bond donors (Lipinski definition) is 3. The van der Waals surface area contributed by atoms with Gasteiger partial charge in [-0.05, 0) is 28.6 Å². The summed E-state index contributed by atoms with van der Waals surface area (Å²) >= 11 is 0. The van der Waals surface area contributed by atoms with E-state index in [1.165, 1.54) is 12.1 Å². The van der Waals surface area contributed by atoms with Gasteiger partial charge in [0.05, 0.1) is 12.5 Å². The minimum atomic E-state index is -1.22. The van der Waals surface area contributed by atoms with E-state index in [0.29, 0.717) is 6.42 Å². The average Bonchev–Trinajstić information content (AvgIpc) is 2.42. The zero-order chi connectivity index (χ0) is 15.8. The fourth-order valence-electron chi connectivity index (χ4n) is 1.69. The van der Waals surface area contributed by atoms with E-state index in [-0.39, 0.29) is 29.2 Å². The Morgan fingerprint density at radius 2 is 1.90 bits per heavy atom. The average molecular weight is 315 g/mol. The first-order valence-corrected chi connectivity index (χ1v) is 8.65. The molecule has 0 aromatic heterocycles. The minimum absolute atomic E-state index is 0.135. The van der Waals surface area contributed by atoms with Gasteiger partial charge in [-0.2, -0.15) is 0 Å². The van der Waals surface area contributed by atoms with Crippen LogP contribution in [0.25, 0.3) is 0 Å². The van der Waals surface area contributed by atoms with Crippen LogP contribution in [-0.2, 0) is 22.2 Å². The van der Waals surface area contributed by atoms with E-state index in [0.717, 1.165) is 11.3 Å². The molecule has 0 radical (unpaired) electrons. The molecule has 1 rings (SSSR count). The number of carbonyl (C=O) groups is 2. The Balaban J connectivity index is 2.54. The maximum Gasteiger partial charge on any atom is 0.405 e. The Hall–Kier alpha value is -1.76. The topological polar surface area (TPSA) is 78.4 Å². The third kappa shape index (κ3) is 6.99. The number of nitrogens with one attached hydrogen (secondary N) is 2. The third-order valence-electron chi connectivity index (χ3n) is 2.81. The van der Waals surface area contributed by atoms with Gasteiger partial charge in [0.15, 0.2) is 0 Å². The summed E-state index contributed by atoms with van der Waals surface area (Å²) < 4.78 is 12.8. The number of carbonyl (C=O) groups excluding carboxylic acids is 1. The summed E-state index contributed by atoms with van der Waals surface area (Å²) in [5.41, 5.74) is 0.754. The van der Waals surface area contributed by atoms with Gasteiger partial charge in [-0.3, -0.25) is 4.79 Å². The fraction of sp³-hybridized carbons (Fsp3) is 0.429. The first-order chi connectivity index (χ1) is 9.88. The van der Waals surface area contributed by atoms with Crippen molar-refractivity contribution >= 4 is 22.9 Å². The molecule has 0 spiro atoms. The zero-order valence-electron chi connectivity index (χ0n) is 12.1. The number of hydrogen-bond acceptors (Lipinski definition) is 2. The molecule has 1 aromatic rings. The van der Waals surface area contributed by atoms with Gasteiger partial charge < -0.3 is 15.7 Å². The Labute approximate surface area is 126 Å². The fourth-order valence-corrected chi connectivity index (χ4v) is 2.39. The summed E-state index contributed by atoms with van der Waals surface area (Å²) in [6.45, 7) is 0.237. The molecule has 0 aliphatic rings. The first-order valence-electron chi connectivity index (χ1n) is 6.44. The molecule has 0 heterocycles. The van der Waals surface area contributed by atoms with Crippen molar-refractivity contribution in [1.29, 1.82) is 0 Å². The van der Waals surface area contributed by atoms with Crippen molar-refractivity contribution in [2.75, 3.05) is 18.3 Å². The normalized spacial score (nSPS) is 12.0. The highest BCUT2D eigenvalue weighted by Crippen LogP contribution is 2.03. The molecule has 5 nitrogen and oxygen atoms in total. The van der Waals surface area contributed by atoms with E-state index >= 15 is 0 Å². The van der Waals surface area contributed by atoms with E-state index in [2.05, 4.69) is 10.6 Å². The highest BCUT2D eigenvalue weighted by Gasteiger charge is 2.22. The van der Waals surface area contributed by atoms with E-state index < -0.39 is 12.1 Å². The van der Waals surface area contributed by atoms with Gasteiger partial charge in [0.25, 0.3) is 0 Å². The molecule has 2 amide bonds. The number of halogens is 1. The Bertz CT molecular complexity index is 480. The van der Waals surface area contributed by atoms with Crippen molar-refractivity contribution in [2.24, 2.45) is 0 Å². The Morgan fingerprint density at radius 1 is 1.29 bits per heavy atom. The monoisotopic (exact) mass is 315 g/mol. The molecule has 0 saturated heterocycles. The smallest absolute Gasteiger partial charge is 0.405 e. The van der Waals surface area contributed by atoms with Crippen LogP contribution in [0.4, 0.5) is 9.18 Å². The van der Waals surface area contributed by atoms with Crippen LogP contribution in [0.2, 0.25) is 0 Å². The maximum absolute atomic E-state index is 12.8. The van der Waals surface area contributed by atoms with Crippen molar-refractivity contribution in [1.82, 2.24) is 10.6 Å². The largest absolute Gasteiger partial charge is 0.465 e.